The van der Waals surface area contributed by atoms with Crippen molar-refractivity contribution in [3.05, 3.63) is 29.8 Å². The Labute approximate surface area is 152 Å². The van der Waals surface area contributed by atoms with Crippen LogP contribution in [0.4, 0.5) is 0 Å². The van der Waals surface area contributed by atoms with Crippen LogP contribution >= 0.6 is 0 Å². The Morgan fingerprint density at radius 3 is 2.32 bits per heavy atom. The standard InChI is InChI=1S/C18H31N3O3S/c1-7-24-16-10-8-15(9-11-16)14-21(6)17(19-5)20-12-13-25(22,23)18(2,3)4/h8-11H,7,12-14H2,1-6H3,(H,19,20). The Morgan fingerprint density at radius 2 is 1.84 bits per heavy atom. The fraction of sp³-hybridized carbons (Fsp3) is 0.611. The highest BCUT2D eigenvalue weighted by Gasteiger charge is 2.28. The smallest absolute Gasteiger partial charge is 0.193 e. The molecular weight excluding hydrogens is 338 g/mol. The molecule has 0 aliphatic rings. The Bertz CT molecular complexity index is 662. The minimum atomic E-state index is -3.15. The second-order valence-corrected chi connectivity index (χ2v) is 9.70. The van der Waals surface area contributed by atoms with Crippen molar-refractivity contribution in [2.75, 3.05) is 33.0 Å². The third-order valence-electron chi connectivity index (χ3n) is 3.81. The molecule has 1 aromatic rings. The van der Waals surface area contributed by atoms with E-state index in [1.807, 2.05) is 43.1 Å². The summed E-state index contributed by atoms with van der Waals surface area (Å²) < 4.78 is 29.0. The zero-order chi connectivity index (χ0) is 19.1. The summed E-state index contributed by atoms with van der Waals surface area (Å²) in [5.41, 5.74) is 1.12. The average molecular weight is 370 g/mol. The second-order valence-electron chi connectivity index (χ2n) is 6.84. The van der Waals surface area contributed by atoms with Crippen LogP contribution in [0.1, 0.15) is 33.3 Å². The van der Waals surface area contributed by atoms with Crippen molar-refractivity contribution >= 4 is 15.8 Å². The zero-order valence-electron chi connectivity index (χ0n) is 16.2. The molecule has 0 radical (unpaired) electrons. The molecule has 0 spiro atoms. The van der Waals surface area contributed by atoms with E-state index in [-0.39, 0.29) is 5.75 Å². The number of nitrogens with zero attached hydrogens (tertiary/aromatic N) is 2. The van der Waals surface area contributed by atoms with Crippen LogP contribution in [0.2, 0.25) is 0 Å². The number of hydrogen-bond donors (Lipinski definition) is 1. The molecule has 7 heteroatoms. The molecule has 25 heavy (non-hydrogen) atoms. The number of sulfone groups is 1. The number of guanidine groups is 1. The lowest BCUT2D eigenvalue weighted by Gasteiger charge is -2.24. The van der Waals surface area contributed by atoms with E-state index in [9.17, 15) is 8.42 Å². The highest BCUT2D eigenvalue weighted by atomic mass is 32.2. The maximum Gasteiger partial charge on any atom is 0.193 e. The lowest BCUT2D eigenvalue weighted by Crippen LogP contribution is -2.42. The van der Waals surface area contributed by atoms with Crippen molar-refractivity contribution in [1.82, 2.24) is 10.2 Å². The Balaban J connectivity index is 2.59. The zero-order valence-corrected chi connectivity index (χ0v) is 17.0. The Kier molecular flexibility index (Phi) is 7.73. The summed E-state index contributed by atoms with van der Waals surface area (Å²) in [4.78, 5) is 6.18. The summed E-state index contributed by atoms with van der Waals surface area (Å²) in [5.74, 6) is 1.59. The first-order valence-electron chi connectivity index (χ1n) is 8.46. The van der Waals surface area contributed by atoms with Crippen LogP contribution in [0.5, 0.6) is 5.75 Å². The highest BCUT2D eigenvalue weighted by Crippen LogP contribution is 2.15. The van der Waals surface area contributed by atoms with E-state index in [0.29, 0.717) is 25.7 Å². The van der Waals surface area contributed by atoms with Gasteiger partial charge in [-0.05, 0) is 45.4 Å². The molecule has 0 aliphatic heterocycles. The molecule has 0 atom stereocenters. The van der Waals surface area contributed by atoms with Gasteiger partial charge in [0.15, 0.2) is 15.8 Å². The summed E-state index contributed by atoms with van der Waals surface area (Å²) in [5, 5.41) is 3.12. The van der Waals surface area contributed by atoms with E-state index in [1.165, 1.54) is 0 Å². The first-order valence-corrected chi connectivity index (χ1v) is 10.1. The number of benzene rings is 1. The van der Waals surface area contributed by atoms with E-state index < -0.39 is 14.6 Å². The minimum Gasteiger partial charge on any atom is -0.494 e. The van der Waals surface area contributed by atoms with Gasteiger partial charge in [0.05, 0.1) is 17.1 Å². The third kappa shape index (κ3) is 6.57. The van der Waals surface area contributed by atoms with Gasteiger partial charge in [0.2, 0.25) is 0 Å². The van der Waals surface area contributed by atoms with Crippen molar-refractivity contribution < 1.29 is 13.2 Å². The van der Waals surface area contributed by atoms with E-state index in [4.69, 9.17) is 4.74 Å². The van der Waals surface area contributed by atoms with Gasteiger partial charge in [-0.3, -0.25) is 4.99 Å². The lowest BCUT2D eigenvalue weighted by atomic mass is 10.2. The quantitative estimate of drug-likeness (QED) is 0.590. The molecule has 0 saturated heterocycles. The summed E-state index contributed by atoms with van der Waals surface area (Å²) in [6.45, 7) is 8.75. The predicted molar refractivity (Wildman–Crippen MR) is 104 cm³/mol. The van der Waals surface area contributed by atoms with Crippen molar-refractivity contribution in [3.63, 3.8) is 0 Å². The molecule has 1 aromatic carbocycles. The molecular formula is C18H31N3O3S. The lowest BCUT2D eigenvalue weighted by molar-refractivity contribution is 0.340. The SMILES string of the molecule is CCOc1ccc(CN(C)C(=NC)NCCS(=O)(=O)C(C)(C)C)cc1. The second kappa shape index (κ2) is 9.08. The van der Waals surface area contributed by atoms with Crippen molar-refractivity contribution in [1.29, 1.82) is 0 Å². The fourth-order valence-electron chi connectivity index (χ4n) is 2.19. The molecule has 1 rings (SSSR count). The van der Waals surface area contributed by atoms with Crippen molar-refractivity contribution in [3.8, 4) is 5.75 Å². The Morgan fingerprint density at radius 1 is 1.24 bits per heavy atom. The molecule has 0 bridgehead atoms. The number of aliphatic imine (C=N–C) groups is 1. The van der Waals surface area contributed by atoms with Crippen LogP contribution in [-0.2, 0) is 16.4 Å². The average Bonchev–Trinajstić information content (AvgIpc) is 2.52. The molecule has 142 valence electrons. The summed E-state index contributed by atoms with van der Waals surface area (Å²) >= 11 is 0. The number of ether oxygens (including phenoxy) is 1. The van der Waals surface area contributed by atoms with E-state index >= 15 is 0 Å². The number of nitrogens with one attached hydrogen (secondary N) is 1. The van der Waals surface area contributed by atoms with Gasteiger partial charge < -0.3 is 15.0 Å². The normalized spacial score (nSPS) is 12.8. The maximum absolute atomic E-state index is 12.2. The molecule has 0 saturated carbocycles. The van der Waals surface area contributed by atoms with Crippen LogP contribution in [0.25, 0.3) is 0 Å². The monoisotopic (exact) mass is 369 g/mol. The van der Waals surface area contributed by atoms with Crippen LogP contribution in [0.15, 0.2) is 29.3 Å². The summed E-state index contributed by atoms with van der Waals surface area (Å²) in [7, 11) is 0.464. The molecule has 0 unspecified atom stereocenters. The first kappa shape index (κ1) is 21.3. The minimum absolute atomic E-state index is 0.0758. The van der Waals surface area contributed by atoms with Crippen LogP contribution in [0.3, 0.4) is 0 Å². The molecule has 0 amide bonds. The van der Waals surface area contributed by atoms with Crippen LogP contribution in [-0.4, -0.2) is 57.0 Å². The van der Waals surface area contributed by atoms with Crippen LogP contribution in [0, 0.1) is 0 Å². The summed E-state index contributed by atoms with van der Waals surface area (Å²) in [6.07, 6.45) is 0. The van der Waals surface area contributed by atoms with Gasteiger partial charge in [0.1, 0.15) is 5.75 Å². The van der Waals surface area contributed by atoms with Gasteiger partial charge >= 0.3 is 0 Å². The number of rotatable bonds is 7. The topological polar surface area (TPSA) is 71.0 Å². The number of hydrogen-bond acceptors (Lipinski definition) is 4. The maximum atomic E-state index is 12.2. The van der Waals surface area contributed by atoms with Gasteiger partial charge in [-0.2, -0.15) is 0 Å². The van der Waals surface area contributed by atoms with E-state index in [1.54, 1.807) is 27.8 Å². The first-order chi connectivity index (χ1) is 11.6. The highest BCUT2D eigenvalue weighted by molar-refractivity contribution is 7.92. The van der Waals surface area contributed by atoms with Crippen molar-refractivity contribution in [2.45, 2.75) is 39.0 Å². The molecule has 6 nitrogen and oxygen atoms in total. The van der Waals surface area contributed by atoms with Gasteiger partial charge in [-0.15, -0.1) is 0 Å². The van der Waals surface area contributed by atoms with Gasteiger partial charge in [0.25, 0.3) is 0 Å². The van der Waals surface area contributed by atoms with Gasteiger partial charge in [-0.1, -0.05) is 12.1 Å². The molecule has 0 heterocycles. The predicted octanol–water partition coefficient (Wildman–Crippen LogP) is 2.31. The molecule has 0 fully saturated rings. The largest absolute Gasteiger partial charge is 0.494 e. The third-order valence-corrected chi connectivity index (χ3v) is 6.42. The Hall–Kier alpha value is -1.76. The van der Waals surface area contributed by atoms with Crippen molar-refractivity contribution in [2.24, 2.45) is 4.99 Å². The fourth-order valence-corrected chi connectivity index (χ4v) is 3.18. The molecule has 0 aliphatic carbocycles. The summed E-state index contributed by atoms with van der Waals surface area (Å²) in [6, 6.07) is 7.91. The van der Waals surface area contributed by atoms with Crippen LogP contribution < -0.4 is 10.1 Å². The van der Waals surface area contributed by atoms with Gasteiger partial charge in [0, 0.05) is 27.2 Å². The molecule has 1 N–H and O–H groups in total. The molecule has 0 aromatic heterocycles. The van der Waals surface area contributed by atoms with Gasteiger partial charge in [-0.25, -0.2) is 8.42 Å². The van der Waals surface area contributed by atoms with E-state index in [0.717, 1.165) is 11.3 Å². The van der Waals surface area contributed by atoms with E-state index in [2.05, 4.69) is 10.3 Å².